The standard InChI is InChI=1S/C22H27NO3/c1-17-14-18(8-9-20(17)25-2)15-21(24)23-16-22(10-12-26-13-11-22)19-6-4-3-5-7-19/h3-9,14H,10-13,15-16H2,1-2H3,(H,23,24). The molecule has 1 fully saturated rings. The number of carbonyl (C=O) groups is 1. The number of hydrogen-bond donors (Lipinski definition) is 1. The predicted molar refractivity (Wildman–Crippen MR) is 103 cm³/mol. The molecule has 0 aromatic heterocycles. The van der Waals surface area contributed by atoms with Crippen LogP contribution in [0.5, 0.6) is 5.75 Å². The molecule has 2 aromatic rings. The van der Waals surface area contributed by atoms with E-state index in [9.17, 15) is 4.79 Å². The molecule has 1 aliphatic rings. The number of hydrogen-bond acceptors (Lipinski definition) is 3. The van der Waals surface area contributed by atoms with Crippen molar-refractivity contribution in [2.75, 3.05) is 26.9 Å². The summed E-state index contributed by atoms with van der Waals surface area (Å²) in [5.41, 5.74) is 3.29. The highest BCUT2D eigenvalue weighted by atomic mass is 16.5. The van der Waals surface area contributed by atoms with Crippen molar-refractivity contribution in [2.24, 2.45) is 0 Å². The Morgan fingerprint density at radius 3 is 2.54 bits per heavy atom. The number of methoxy groups -OCH3 is 1. The van der Waals surface area contributed by atoms with Crippen LogP contribution in [0.25, 0.3) is 0 Å². The maximum Gasteiger partial charge on any atom is 0.224 e. The molecule has 0 radical (unpaired) electrons. The maximum atomic E-state index is 12.5. The number of carbonyl (C=O) groups excluding carboxylic acids is 1. The van der Waals surface area contributed by atoms with E-state index in [0.29, 0.717) is 13.0 Å². The molecule has 0 spiro atoms. The van der Waals surface area contributed by atoms with Crippen LogP contribution in [0.4, 0.5) is 0 Å². The molecule has 0 saturated carbocycles. The van der Waals surface area contributed by atoms with Crippen molar-refractivity contribution in [1.29, 1.82) is 0 Å². The lowest BCUT2D eigenvalue weighted by atomic mass is 9.74. The Morgan fingerprint density at radius 2 is 1.88 bits per heavy atom. The van der Waals surface area contributed by atoms with Crippen LogP contribution in [0.15, 0.2) is 48.5 Å². The van der Waals surface area contributed by atoms with Gasteiger partial charge in [0.15, 0.2) is 0 Å². The van der Waals surface area contributed by atoms with Crippen LogP contribution in [-0.2, 0) is 21.4 Å². The molecule has 2 aromatic carbocycles. The first-order valence-electron chi connectivity index (χ1n) is 9.16. The largest absolute Gasteiger partial charge is 0.496 e. The number of ether oxygens (including phenoxy) is 2. The van der Waals surface area contributed by atoms with Crippen molar-refractivity contribution in [3.63, 3.8) is 0 Å². The summed E-state index contributed by atoms with van der Waals surface area (Å²) < 4.78 is 10.8. The highest BCUT2D eigenvalue weighted by molar-refractivity contribution is 5.78. The molecule has 3 rings (SSSR count). The van der Waals surface area contributed by atoms with Gasteiger partial charge in [0.25, 0.3) is 0 Å². The summed E-state index contributed by atoms with van der Waals surface area (Å²) in [7, 11) is 1.66. The van der Waals surface area contributed by atoms with E-state index in [2.05, 4.69) is 29.6 Å². The van der Waals surface area contributed by atoms with Gasteiger partial charge < -0.3 is 14.8 Å². The third-order valence-corrected chi connectivity index (χ3v) is 5.28. The first-order chi connectivity index (χ1) is 12.6. The predicted octanol–water partition coefficient (Wildman–Crippen LogP) is 3.41. The molecular formula is C22H27NO3. The molecule has 0 atom stereocenters. The monoisotopic (exact) mass is 353 g/mol. The fraction of sp³-hybridized carbons (Fsp3) is 0.409. The number of benzene rings is 2. The lowest BCUT2D eigenvalue weighted by molar-refractivity contribution is -0.120. The maximum absolute atomic E-state index is 12.5. The second-order valence-corrected chi connectivity index (χ2v) is 7.02. The Labute approximate surface area is 155 Å². The van der Waals surface area contributed by atoms with Crippen molar-refractivity contribution >= 4 is 5.91 Å². The smallest absolute Gasteiger partial charge is 0.224 e. The third-order valence-electron chi connectivity index (χ3n) is 5.28. The Bertz CT molecular complexity index is 736. The summed E-state index contributed by atoms with van der Waals surface area (Å²) in [5.74, 6) is 0.899. The van der Waals surface area contributed by atoms with Crippen molar-refractivity contribution in [3.05, 3.63) is 65.2 Å². The summed E-state index contributed by atoms with van der Waals surface area (Å²) in [6, 6.07) is 16.4. The highest BCUT2D eigenvalue weighted by Gasteiger charge is 2.34. The summed E-state index contributed by atoms with van der Waals surface area (Å²) in [5, 5.41) is 3.16. The molecule has 138 valence electrons. The number of rotatable bonds is 6. The van der Waals surface area contributed by atoms with Crippen LogP contribution in [0.3, 0.4) is 0 Å². The number of aryl methyl sites for hydroxylation is 1. The first-order valence-corrected chi connectivity index (χ1v) is 9.16. The van der Waals surface area contributed by atoms with Crippen LogP contribution in [0, 0.1) is 6.92 Å². The van der Waals surface area contributed by atoms with Crippen LogP contribution in [-0.4, -0.2) is 32.8 Å². The summed E-state index contributed by atoms with van der Waals surface area (Å²) >= 11 is 0. The van der Waals surface area contributed by atoms with Gasteiger partial charge in [-0.05, 0) is 42.5 Å². The minimum Gasteiger partial charge on any atom is -0.496 e. The van der Waals surface area contributed by atoms with Gasteiger partial charge in [-0.1, -0.05) is 42.5 Å². The zero-order valence-corrected chi connectivity index (χ0v) is 15.6. The fourth-order valence-electron chi connectivity index (χ4n) is 3.69. The van der Waals surface area contributed by atoms with Crippen LogP contribution in [0.1, 0.15) is 29.5 Å². The molecule has 26 heavy (non-hydrogen) atoms. The zero-order chi connectivity index (χ0) is 18.4. The Morgan fingerprint density at radius 1 is 1.15 bits per heavy atom. The molecule has 4 nitrogen and oxygen atoms in total. The molecule has 1 aliphatic heterocycles. The van der Waals surface area contributed by atoms with Crippen molar-refractivity contribution in [1.82, 2.24) is 5.32 Å². The van der Waals surface area contributed by atoms with E-state index in [-0.39, 0.29) is 11.3 Å². The average molecular weight is 353 g/mol. The Balaban J connectivity index is 1.65. The third kappa shape index (κ3) is 4.25. The molecular weight excluding hydrogens is 326 g/mol. The van der Waals surface area contributed by atoms with Crippen molar-refractivity contribution < 1.29 is 14.3 Å². The van der Waals surface area contributed by atoms with E-state index in [4.69, 9.17) is 9.47 Å². The lowest BCUT2D eigenvalue weighted by Gasteiger charge is -2.38. The van der Waals surface area contributed by atoms with Gasteiger partial charge in [0.1, 0.15) is 5.75 Å². The topological polar surface area (TPSA) is 47.6 Å². The Hall–Kier alpha value is -2.33. The van der Waals surface area contributed by atoms with Crippen LogP contribution >= 0.6 is 0 Å². The van der Waals surface area contributed by atoms with E-state index in [1.165, 1.54) is 5.56 Å². The summed E-state index contributed by atoms with van der Waals surface area (Å²) in [6.07, 6.45) is 2.24. The van der Waals surface area contributed by atoms with Crippen LogP contribution < -0.4 is 10.1 Å². The summed E-state index contributed by atoms with van der Waals surface area (Å²) in [4.78, 5) is 12.5. The van der Waals surface area contributed by atoms with Gasteiger partial charge in [-0.25, -0.2) is 0 Å². The van der Waals surface area contributed by atoms with Crippen LogP contribution in [0.2, 0.25) is 0 Å². The zero-order valence-electron chi connectivity index (χ0n) is 15.6. The molecule has 1 N–H and O–H groups in total. The van der Waals surface area contributed by atoms with E-state index in [0.717, 1.165) is 42.9 Å². The molecule has 0 unspecified atom stereocenters. The average Bonchev–Trinajstić information content (AvgIpc) is 2.68. The lowest BCUT2D eigenvalue weighted by Crippen LogP contribution is -2.45. The molecule has 1 amide bonds. The van der Waals surface area contributed by atoms with Crippen molar-refractivity contribution in [2.45, 2.75) is 31.6 Å². The highest BCUT2D eigenvalue weighted by Crippen LogP contribution is 2.34. The van der Waals surface area contributed by atoms with Gasteiger partial charge in [0.2, 0.25) is 5.91 Å². The molecule has 1 saturated heterocycles. The first kappa shape index (κ1) is 18.5. The number of amides is 1. The van der Waals surface area contributed by atoms with Gasteiger partial charge in [0.05, 0.1) is 13.5 Å². The quantitative estimate of drug-likeness (QED) is 0.866. The molecule has 1 heterocycles. The van der Waals surface area contributed by atoms with E-state index >= 15 is 0 Å². The minimum absolute atomic E-state index is 0.0367. The minimum atomic E-state index is -0.0367. The van der Waals surface area contributed by atoms with E-state index in [1.807, 2.05) is 31.2 Å². The number of nitrogens with one attached hydrogen (secondary N) is 1. The van der Waals surface area contributed by atoms with Gasteiger partial charge in [0, 0.05) is 25.2 Å². The molecule has 0 bridgehead atoms. The summed E-state index contributed by atoms with van der Waals surface area (Å²) in [6.45, 7) is 4.12. The van der Waals surface area contributed by atoms with E-state index < -0.39 is 0 Å². The van der Waals surface area contributed by atoms with Gasteiger partial charge in [-0.2, -0.15) is 0 Å². The SMILES string of the molecule is COc1ccc(CC(=O)NCC2(c3ccccc3)CCOCC2)cc1C. The molecule has 4 heteroatoms. The normalized spacial score (nSPS) is 16.1. The van der Waals surface area contributed by atoms with Crippen molar-refractivity contribution in [3.8, 4) is 5.75 Å². The van der Waals surface area contributed by atoms with Gasteiger partial charge in [-0.15, -0.1) is 0 Å². The molecule has 0 aliphatic carbocycles. The van der Waals surface area contributed by atoms with Gasteiger partial charge in [-0.3, -0.25) is 4.79 Å². The Kier molecular flexibility index (Phi) is 5.94. The van der Waals surface area contributed by atoms with Gasteiger partial charge >= 0.3 is 0 Å². The second kappa shape index (κ2) is 8.37. The van der Waals surface area contributed by atoms with E-state index in [1.54, 1.807) is 7.11 Å². The fourth-order valence-corrected chi connectivity index (χ4v) is 3.69. The second-order valence-electron chi connectivity index (χ2n) is 7.02.